The first-order chi connectivity index (χ1) is 13.8. The van der Waals surface area contributed by atoms with Gasteiger partial charge in [0.2, 0.25) is 0 Å². The van der Waals surface area contributed by atoms with Gasteiger partial charge in [-0.3, -0.25) is 31.4 Å². The SMILES string of the molecule is CP(O)OP(=O)(OP(C)O)C(CCc1ncccc1O)P(=O)(OP(C)O)OP(C)O. The summed E-state index contributed by atoms with van der Waals surface area (Å²) in [4.78, 5) is 42.8. The number of rotatable bonds is 13. The molecule has 5 N–H and O–H groups in total. The van der Waals surface area contributed by atoms with Gasteiger partial charge in [-0.05, 0) is 25.0 Å². The van der Waals surface area contributed by atoms with Crippen molar-refractivity contribution in [2.45, 2.75) is 18.2 Å². The molecule has 18 heteroatoms. The zero-order valence-corrected chi connectivity index (χ0v) is 21.9. The Labute approximate surface area is 179 Å². The molecule has 1 aromatic rings. The van der Waals surface area contributed by atoms with E-state index in [0.717, 1.165) is 0 Å². The first-order valence-electron chi connectivity index (χ1n) is 8.10. The molecular formula is C12H25NO11P6. The average Bonchev–Trinajstić information content (AvgIpc) is 2.53. The number of aryl methyl sites for hydroxylation is 1. The zero-order valence-electron chi connectivity index (χ0n) is 16.5. The van der Waals surface area contributed by atoms with Crippen LogP contribution >= 0.6 is 48.7 Å². The Bertz CT molecular complexity index is 698. The second-order valence-electron chi connectivity index (χ2n) is 5.75. The predicted molar refractivity (Wildman–Crippen MR) is 118 cm³/mol. The second kappa shape index (κ2) is 12.9. The van der Waals surface area contributed by atoms with Crippen LogP contribution in [0, 0.1) is 0 Å². The third-order valence-electron chi connectivity index (χ3n) is 3.16. The smallest absolute Gasteiger partial charge is 0.356 e. The van der Waals surface area contributed by atoms with E-state index in [1.54, 1.807) is 0 Å². The van der Waals surface area contributed by atoms with E-state index in [0.29, 0.717) is 0 Å². The van der Waals surface area contributed by atoms with Crippen molar-refractivity contribution >= 4 is 48.7 Å². The lowest BCUT2D eigenvalue weighted by Gasteiger charge is -2.33. The van der Waals surface area contributed by atoms with Crippen LogP contribution in [0.3, 0.4) is 0 Å². The largest absolute Gasteiger partial charge is 0.506 e. The van der Waals surface area contributed by atoms with E-state index in [4.69, 9.17) is 17.2 Å². The minimum atomic E-state index is -4.59. The highest BCUT2D eigenvalue weighted by Gasteiger charge is 2.54. The van der Waals surface area contributed by atoms with Gasteiger partial charge in [0.1, 0.15) is 5.75 Å². The predicted octanol–water partition coefficient (Wildman–Crippen LogP) is 4.23. The molecule has 30 heavy (non-hydrogen) atoms. The molecule has 0 amide bonds. The molecule has 0 aliphatic rings. The number of hydrogen-bond donors (Lipinski definition) is 5. The van der Waals surface area contributed by atoms with Gasteiger partial charge in [-0.2, -0.15) is 0 Å². The van der Waals surface area contributed by atoms with E-state index in [-0.39, 0.29) is 24.3 Å². The number of pyridine rings is 1. The maximum Gasteiger partial charge on any atom is 0.356 e. The molecule has 12 nitrogen and oxygen atoms in total. The Kier molecular flexibility index (Phi) is 12.4. The quantitative estimate of drug-likeness (QED) is 0.223. The van der Waals surface area contributed by atoms with Crippen LogP contribution in [0.1, 0.15) is 12.1 Å². The highest BCUT2D eigenvalue weighted by Crippen LogP contribution is 2.80. The molecule has 1 rings (SSSR count). The summed E-state index contributed by atoms with van der Waals surface area (Å²) >= 11 is 0. The van der Waals surface area contributed by atoms with Crippen LogP contribution in [0.4, 0.5) is 0 Å². The van der Waals surface area contributed by atoms with Gasteiger partial charge >= 0.3 is 15.2 Å². The fraction of sp³-hybridized carbons (Fsp3) is 0.583. The summed E-state index contributed by atoms with van der Waals surface area (Å²) in [5, 5.41) is 8.18. The summed E-state index contributed by atoms with van der Waals surface area (Å²) in [6.07, 6.45) is 0.961. The molecule has 0 saturated carbocycles. The van der Waals surface area contributed by atoms with Crippen molar-refractivity contribution in [1.29, 1.82) is 0 Å². The summed E-state index contributed by atoms with van der Waals surface area (Å²) in [6, 6.07) is 2.86. The maximum absolute atomic E-state index is 13.6. The minimum Gasteiger partial charge on any atom is -0.506 e. The molecule has 0 bridgehead atoms. The van der Waals surface area contributed by atoms with E-state index in [9.17, 15) is 33.8 Å². The standard InChI is InChI=1S/C12H25NO11P6/c1-25(15)21-29(19,22-26(2)16)12(8-7-10-11(14)6-5-9-13-10)30(20,23-27(3)17)24-28(4)18/h5-6,9,12,14-18H,7-8H2,1-4H3. The van der Waals surface area contributed by atoms with E-state index >= 15 is 0 Å². The maximum atomic E-state index is 13.6. The Morgan fingerprint density at radius 3 is 1.63 bits per heavy atom. The van der Waals surface area contributed by atoms with Crippen LogP contribution in [-0.4, -0.2) is 61.7 Å². The number of aromatic nitrogens is 1. The number of nitrogens with zero attached hydrogens (tertiary/aromatic N) is 1. The van der Waals surface area contributed by atoms with E-state index in [1.165, 1.54) is 45.0 Å². The van der Waals surface area contributed by atoms with Gasteiger partial charge in [-0.25, -0.2) is 0 Å². The van der Waals surface area contributed by atoms with Crippen LogP contribution in [0.25, 0.3) is 0 Å². The molecular weight excluding hydrogens is 520 g/mol. The molecule has 0 aliphatic carbocycles. The van der Waals surface area contributed by atoms with Crippen molar-refractivity contribution in [1.82, 2.24) is 4.98 Å². The van der Waals surface area contributed by atoms with Crippen molar-refractivity contribution in [2.75, 3.05) is 26.7 Å². The van der Waals surface area contributed by atoms with Crippen LogP contribution in [0.15, 0.2) is 18.3 Å². The molecule has 0 radical (unpaired) electrons. The van der Waals surface area contributed by atoms with Gasteiger partial charge in [0.05, 0.1) is 5.69 Å². The normalized spacial score (nSPS) is 21.1. The summed E-state index contributed by atoms with van der Waals surface area (Å²) in [6.45, 7) is 4.75. The van der Waals surface area contributed by atoms with Gasteiger partial charge in [0.15, 0.2) is 38.9 Å². The molecule has 1 heterocycles. The van der Waals surface area contributed by atoms with Crippen molar-refractivity contribution in [2.24, 2.45) is 0 Å². The Balaban J connectivity index is 3.47. The average molecular weight is 545 g/mol. The fourth-order valence-electron chi connectivity index (χ4n) is 2.28. The van der Waals surface area contributed by atoms with E-state index < -0.39 is 54.1 Å². The van der Waals surface area contributed by atoms with Crippen LogP contribution in [0.5, 0.6) is 5.75 Å². The minimum absolute atomic E-state index is 0.106. The molecule has 4 unspecified atom stereocenters. The Morgan fingerprint density at radius 2 is 1.30 bits per heavy atom. The van der Waals surface area contributed by atoms with Gasteiger partial charge in [-0.15, -0.1) is 0 Å². The highest BCUT2D eigenvalue weighted by molar-refractivity contribution is 7.82. The lowest BCUT2D eigenvalue weighted by molar-refractivity contribution is 0.346. The summed E-state index contributed by atoms with van der Waals surface area (Å²) in [5.74, 6) is -0.177. The molecule has 0 aliphatic heterocycles. The first kappa shape index (κ1) is 28.8. The van der Waals surface area contributed by atoms with E-state index in [1.807, 2.05) is 0 Å². The van der Waals surface area contributed by atoms with Crippen molar-refractivity contribution in [3.05, 3.63) is 24.0 Å². The summed E-state index contributed by atoms with van der Waals surface area (Å²) in [7, 11) is -18.4. The number of aromatic hydroxyl groups is 1. The lowest BCUT2D eigenvalue weighted by Crippen LogP contribution is -2.16. The Morgan fingerprint density at radius 1 is 0.900 bits per heavy atom. The van der Waals surface area contributed by atoms with E-state index in [2.05, 4.69) is 4.98 Å². The fourth-order valence-corrected chi connectivity index (χ4v) is 13.9. The van der Waals surface area contributed by atoms with Gasteiger partial charge in [0, 0.05) is 32.9 Å². The molecule has 4 atom stereocenters. The molecule has 174 valence electrons. The van der Waals surface area contributed by atoms with Gasteiger partial charge in [0.25, 0.3) is 0 Å². The van der Waals surface area contributed by atoms with Crippen LogP contribution < -0.4 is 0 Å². The van der Waals surface area contributed by atoms with Crippen LogP contribution in [-0.2, 0) is 32.8 Å². The van der Waals surface area contributed by atoms with Crippen molar-refractivity contribution in [3.63, 3.8) is 0 Å². The van der Waals surface area contributed by atoms with Crippen LogP contribution in [0.2, 0.25) is 0 Å². The summed E-state index contributed by atoms with van der Waals surface area (Å²) < 4.78 is 47.4. The molecule has 0 fully saturated rings. The summed E-state index contributed by atoms with van der Waals surface area (Å²) in [5.41, 5.74) is 0.164. The first-order valence-corrected chi connectivity index (χ1v) is 18.0. The molecule has 0 aromatic carbocycles. The second-order valence-corrected chi connectivity index (χ2v) is 15.9. The zero-order chi connectivity index (χ0) is 23.1. The molecule has 0 spiro atoms. The third kappa shape index (κ3) is 9.35. The third-order valence-corrected chi connectivity index (χ3v) is 14.3. The monoisotopic (exact) mass is 545 g/mol. The lowest BCUT2D eigenvalue weighted by atomic mass is 10.2. The van der Waals surface area contributed by atoms with Crippen molar-refractivity contribution < 1.29 is 51.1 Å². The molecule has 1 aromatic heterocycles. The topological polar surface area (TPSA) is 185 Å². The molecule has 0 saturated heterocycles. The Hall–Kier alpha value is 0.810. The van der Waals surface area contributed by atoms with Gasteiger partial charge in [-0.1, -0.05) is 0 Å². The van der Waals surface area contributed by atoms with Gasteiger partial charge < -0.3 is 24.7 Å². The van der Waals surface area contributed by atoms with Crippen molar-refractivity contribution in [3.8, 4) is 5.75 Å². The highest BCUT2D eigenvalue weighted by atomic mass is 31.3. The number of hydrogen-bond acceptors (Lipinski definition) is 12.